The van der Waals surface area contributed by atoms with E-state index in [1.807, 2.05) is 11.5 Å². The lowest BCUT2D eigenvalue weighted by molar-refractivity contribution is -0.384. The van der Waals surface area contributed by atoms with Crippen LogP contribution in [0.25, 0.3) is 11.0 Å². The van der Waals surface area contributed by atoms with Gasteiger partial charge in [0.25, 0.3) is 5.69 Å². The van der Waals surface area contributed by atoms with Crippen LogP contribution in [0.4, 0.5) is 5.69 Å². The van der Waals surface area contributed by atoms with Gasteiger partial charge in [0.2, 0.25) is 10.0 Å². The minimum Gasteiger partial charge on any atom is -0.486 e. The molecule has 0 amide bonds. The van der Waals surface area contributed by atoms with Gasteiger partial charge in [0.1, 0.15) is 18.2 Å². The molecule has 0 aliphatic rings. The number of sulfonamides is 1. The molecule has 0 aliphatic carbocycles. The minimum atomic E-state index is -3.55. The van der Waals surface area contributed by atoms with Gasteiger partial charge in [-0.3, -0.25) is 10.1 Å². The summed E-state index contributed by atoms with van der Waals surface area (Å²) in [6.45, 7) is 2.90. The van der Waals surface area contributed by atoms with Crippen LogP contribution in [0.1, 0.15) is 19.2 Å². The van der Waals surface area contributed by atoms with E-state index >= 15 is 0 Å². The lowest BCUT2D eigenvalue weighted by atomic mass is 10.3. The van der Waals surface area contributed by atoms with Crippen molar-refractivity contribution in [1.82, 2.24) is 13.9 Å². The minimum absolute atomic E-state index is 0.00907. The maximum Gasteiger partial charge on any atom is 0.269 e. The fourth-order valence-electron chi connectivity index (χ4n) is 2.93. The standard InChI is InChI=1S/C19H22N4O5S/c1-4-11-22-18-10-9-16(29(26,27)21(2)3)12-17(18)20-19(22)13-28-15-7-5-14(6-8-15)23(24)25/h5-10,12H,4,11,13H2,1-3H3. The number of nitrogens with zero attached hydrogens (tertiary/aromatic N) is 4. The van der Waals surface area contributed by atoms with Gasteiger partial charge in [-0.05, 0) is 36.8 Å². The maximum absolute atomic E-state index is 12.4. The molecular formula is C19H22N4O5S. The highest BCUT2D eigenvalue weighted by atomic mass is 32.2. The van der Waals surface area contributed by atoms with E-state index < -0.39 is 14.9 Å². The van der Waals surface area contributed by atoms with E-state index in [0.717, 1.165) is 16.2 Å². The molecule has 0 unspecified atom stereocenters. The van der Waals surface area contributed by atoms with E-state index in [1.165, 1.54) is 38.4 Å². The summed E-state index contributed by atoms with van der Waals surface area (Å²) in [6, 6.07) is 10.7. The SMILES string of the molecule is CCCn1c(COc2ccc([N+](=O)[O-])cc2)nc2cc(S(=O)(=O)N(C)C)ccc21. The number of aromatic nitrogens is 2. The number of ether oxygens (including phenoxy) is 1. The van der Waals surface area contributed by atoms with Crippen LogP contribution in [0.5, 0.6) is 5.75 Å². The highest BCUT2D eigenvalue weighted by Crippen LogP contribution is 2.24. The Kier molecular flexibility index (Phi) is 5.85. The van der Waals surface area contributed by atoms with Gasteiger partial charge >= 0.3 is 0 Å². The lowest BCUT2D eigenvalue weighted by Crippen LogP contribution is -2.22. The molecule has 3 rings (SSSR count). The highest BCUT2D eigenvalue weighted by Gasteiger charge is 2.20. The monoisotopic (exact) mass is 418 g/mol. The number of non-ortho nitro benzene ring substituents is 1. The Morgan fingerprint density at radius 3 is 2.45 bits per heavy atom. The summed E-state index contributed by atoms with van der Waals surface area (Å²) in [5, 5.41) is 10.8. The Morgan fingerprint density at radius 1 is 1.17 bits per heavy atom. The van der Waals surface area contributed by atoms with Gasteiger partial charge in [0, 0.05) is 32.8 Å². The number of nitro groups is 1. The molecule has 10 heteroatoms. The van der Waals surface area contributed by atoms with Gasteiger partial charge in [-0.15, -0.1) is 0 Å². The van der Waals surface area contributed by atoms with Gasteiger partial charge < -0.3 is 9.30 Å². The molecule has 9 nitrogen and oxygen atoms in total. The predicted octanol–water partition coefficient (Wildman–Crippen LogP) is 3.18. The summed E-state index contributed by atoms with van der Waals surface area (Å²) in [7, 11) is -0.583. The average Bonchev–Trinajstić information content (AvgIpc) is 3.03. The molecule has 1 aromatic heterocycles. The van der Waals surface area contributed by atoms with E-state index in [9.17, 15) is 18.5 Å². The highest BCUT2D eigenvalue weighted by molar-refractivity contribution is 7.89. The zero-order valence-electron chi connectivity index (χ0n) is 16.4. The summed E-state index contributed by atoms with van der Waals surface area (Å²) >= 11 is 0. The molecule has 0 N–H and O–H groups in total. The van der Waals surface area contributed by atoms with Gasteiger partial charge in [0.05, 0.1) is 20.9 Å². The first-order valence-electron chi connectivity index (χ1n) is 9.03. The van der Waals surface area contributed by atoms with Crippen LogP contribution in [0.15, 0.2) is 47.4 Å². The van der Waals surface area contributed by atoms with Gasteiger partial charge in [-0.2, -0.15) is 0 Å². The van der Waals surface area contributed by atoms with Gasteiger partial charge in [0.15, 0.2) is 0 Å². The molecule has 0 saturated carbocycles. The molecule has 0 radical (unpaired) electrons. The van der Waals surface area contributed by atoms with Crippen molar-refractivity contribution in [3.8, 4) is 5.75 Å². The van der Waals surface area contributed by atoms with Gasteiger partial charge in [-0.25, -0.2) is 17.7 Å². The topological polar surface area (TPSA) is 108 Å². The first kappa shape index (κ1) is 20.7. The molecule has 3 aromatic rings. The summed E-state index contributed by atoms with van der Waals surface area (Å²) < 4.78 is 33.7. The molecule has 29 heavy (non-hydrogen) atoms. The molecule has 154 valence electrons. The molecule has 0 fully saturated rings. The number of rotatable bonds is 8. The maximum atomic E-state index is 12.4. The molecular weight excluding hydrogens is 396 g/mol. The van der Waals surface area contributed by atoms with Crippen LogP contribution in [-0.4, -0.2) is 41.3 Å². The molecule has 0 spiro atoms. The van der Waals surface area contributed by atoms with Crippen LogP contribution in [0.3, 0.4) is 0 Å². The summed E-state index contributed by atoms with van der Waals surface area (Å²) in [4.78, 5) is 15.0. The Bertz CT molecular complexity index is 1140. The van der Waals surface area contributed by atoms with Crippen molar-refractivity contribution in [3.05, 3.63) is 58.4 Å². The first-order valence-corrected chi connectivity index (χ1v) is 10.5. The molecule has 1 heterocycles. The number of hydrogen-bond acceptors (Lipinski definition) is 6. The van der Waals surface area contributed by atoms with Crippen LogP contribution < -0.4 is 4.74 Å². The fourth-order valence-corrected chi connectivity index (χ4v) is 3.85. The molecule has 0 saturated heterocycles. The summed E-state index contributed by atoms with van der Waals surface area (Å²) in [5.41, 5.74) is 1.39. The largest absolute Gasteiger partial charge is 0.486 e. The first-order chi connectivity index (χ1) is 13.7. The van der Waals surface area contributed by atoms with Crippen LogP contribution in [0, 0.1) is 10.1 Å². The van der Waals surface area contributed by atoms with E-state index in [2.05, 4.69) is 4.98 Å². The van der Waals surface area contributed by atoms with Crippen molar-refractivity contribution in [2.45, 2.75) is 31.4 Å². The quantitative estimate of drug-likeness (QED) is 0.411. The third-order valence-corrected chi connectivity index (χ3v) is 6.25. The third kappa shape index (κ3) is 4.22. The van der Waals surface area contributed by atoms with Gasteiger partial charge in [-0.1, -0.05) is 6.92 Å². The molecule has 0 atom stereocenters. The number of aryl methyl sites for hydroxylation is 1. The number of nitro benzene ring substituents is 1. The van der Waals surface area contributed by atoms with Crippen LogP contribution in [-0.2, 0) is 23.2 Å². The molecule has 0 aliphatic heterocycles. The van der Waals surface area contributed by atoms with Crippen molar-refractivity contribution < 1.29 is 18.1 Å². The van der Waals surface area contributed by atoms with Crippen LogP contribution >= 0.6 is 0 Å². The lowest BCUT2D eigenvalue weighted by Gasteiger charge is -2.11. The van der Waals surface area contributed by atoms with Crippen molar-refractivity contribution in [3.63, 3.8) is 0 Å². The van der Waals surface area contributed by atoms with E-state index in [-0.39, 0.29) is 17.2 Å². The fraction of sp³-hybridized carbons (Fsp3) is 0.316. The van der Waals surface area contributed by atoms with E-state index in [4.69, 9.17) is 4.74 Å². The Morgan fingerprint density at radius 2 is 1.86 bits per heavy atom. The van der Waals surface area contributed by atoms with E-state index in [0.29, 0.717) is 23.6 Å². The zero-order valence-corrected chi connectivity index (χ0v) is 17.2. The smallest absolute Gasteiger partial charge is 0.269 e. The Hall–Kier alpha value is -2.98. The van der Waals surface area contributed by atoms with Crippen molar-refractivity contribution >= 4 is 26.7 Å². The molecule has 0 bridgehead atoms. The second-order valence-electron chi connectivity index (χ2n) is 6.66. The normalized spacial score (nSPS) is 11.9. The van der Waals surface area contributed by atoms with Crippen molar-refractivity contribution in [2.24, 2.45) is 0 Å². The zero-order chi connectivity index (χ0) is 21.2. The Balaban J connectivity index is 1.92. The van der Waals surface area contributed by atoms with Crippen LogP contribution in [0.2, 0.25) is 0 Å². The Labute approximate surface area is 168 Å². The van der Waals surface area contributed by atoms with Crippen molar-refractivity contribution in [1.29, 1.82) is 0 Å². The number of hydrogen-bond donors (Lipinski definition) is 0. The average molecular weight is 418 g/mol. The summed E-state index contributed by atoms with van der Waals surface area (Å²) in [5.74, 6) is 1.14. The molecule has 2 aromatic carbocycles. The second kappa shape index (κ2) is 8.18. The summed E-state index contributed by atoms with van der Waals surface area (Å²) in [6.07, 6.45) is 0.869. The predicted molar refractivity (Wildman–Crippen MR) is 108 cm³/mol. The van der Waals surface area contributed by atoms with Crippen molar-refractivity contribution in [2.75, 3.05) is 14.1 Å². The second-order valence-corrected chi connectivity index (χ2v) is 8.81. The number of imidazole rings is 1. The number of benzene rings is 2. The third-order valence-electron chi connectivity index (χ3n) is 4.44. The van der Waals surface area contributed by atoms with E-state index in [1.54, 1.807) is 18.2 Å². The number of fused-ring (bicyclic) bond motifs is 1.